The lowest BCUT2D eigenvalue weighted by Gasteiger charge is -2.43. The van der Waals surface area contributed by atoms with Gasteiger partial charge < -0.3 is 14.0 Å². The Morgan fingerprint density at radius 3 is 2.17 bits per heavy atom. The molecule has 7 heteroatoms. The molecule has 1 atom stereocenters. The Labute approximate surface area is 144 Å². The summed E-state index contributed by atoms with van der Waals surface area (Å²) in [4.78, 5) is 11.2. The summed E-state index contributed by atoms with van der Waals surface area (Å²) >= 11 is 0. The maximum Gasteiger partial charge on any atom is 0.498 e. The second kappa shape index (κ2) is 5.68. The van der Waals surface area contributed by atoms with Gasteiger partial charge in [0, 0.05) is 24.4 Å². The maximum absolute atomic E-state index is 6.04. The molecule has 4 aliphatic heterocycles. The van der Waals surface area contributed by atoms with Crippen LogP contribution in [0.25, 0.3) is 0 Å². The second-order valence-electron chi connectivity index (χ2n) is 8.18. The van der Waals surface area contributed by atoms with Crippen LogP contribution in [0.2, 0.25) is 0 Å². The lowest BCUT2D eigenvalue weighted by molar-refractivity contribution is -0.0123. The first-order valence-electron chi connectivity index (χ1n) is 8.91. The molecule has 24 heavy (non-hydrogen) atoms. The van der Waals surface area contributed by atoms with Crippen molar-refractivity contribution in [3.05, 3.63) is 12.4 Å². The fraction of sp³-hybridized carbons (Fsp3) is 0.765. The molecule has 4 fully saturated rings. The molecule has 4 saturated heterocycles. The average molecular weight is 331 g/mol. The van der Waals surface area contributed by atoms with Gasteiger partial charge in [0.05, 0.1) is 11.2 Å². The summed E-state index contributed by atoms with van der Waals surface area (Å²) in [5.74, 6) is 0.640. The molecule has 0 unspecified atom stereocenters. The van der Waals surface area contributed by atoms with E-state index in [0.717, 1.165) is 12.0 Å². The summed E-state index contributed by atoms with van der Waals surface area (Å²) in [6, 6.07) is 0.453. The standard InChI is InChI=1S/C17H26BN3O3/c1-16(2)17(3,4)24-18(23-16)13-9-19-15(20-10-13)22-14-11-21-7-5-12(14)6-8-21/h9-10,12,14H,5-8,11H2,1-4H3/t14-/m1/s1. The van der Waals surface area contributed by atoms with Crippen LogP contribution in [-0.4, -0.2) is 58.9 Å². The first kappa shape index (κ1) is 16.3. The maximum atomic E-state index is 6.04. The minimum absolute atomic E-state index is 0.218. The zero-order valence-corrected chi connectivity index (χ0v) is 15.0. The topological polar surface area (TPSA) is 56.7 Å². The van der Waals surface area contributed by atoms with Crippen molar-refractivity contribution in [3.8, 4) is 6.01 Å². The normalized spacial score (nSPS) is 33.7. The van der Waals surface area contributed by atoms with E-state index in [1.165, 1.54) is 25.9 Å². The first-order valence-corrected chi connectivity index (χ1v) is 8.91. The highest BCUT2D eigenvalue weighted by atomic mass is 16.7. The molecule has 0 aromatic carbocycles. The minimum Gasteiger partial charge on any atom is -0.458 e. The molecule has 130 valence electrons. The lowest BCUT2D eigenvalue weighted by atomic mass is 9.81. The summed E-state index contributed by atoms with van der Waals surface area (Å²) < 4.78 is 18.1. The van der Waals surface area contributed by atoms with Crippen molar-refractivity contribution in [1.82, 2.24) is 14.9 Å². The van der Waals surface area contributed by atoms with Gasteiger partial charge in [-0.1, -0.05) is 0 Å². The highest BCUT2D eigenvalue weighted by Crippen LogP contribution is 2.36. The molecule has 4 aliphatic rings. The zero-order valence-electron chi connectivity index (χ0n) is 15.0. The number of hydrogen-bond donors (Lipinski definition) is 0. The number of rotatable bonds is 3. The van der Waals surface area contributed by atoms with Crippen LogP contribution in [0.4, 0.5) is 0 Å². The fourth-order valence-electron chi connectivity index (χ4n) is 3.67. The fourth-order valence-corrected chi connectivity index (χ4v) is 3.67. The summed E-state index contributed by atoms with van der Waals surface area (Å²) in [6.07, 6.45) is 6.17. The van der Waals surface area contributed by atoms with E-state index < -0.39 is 7.12 Å². The van der Waals surface area contributed by atoms with Gasteiger partial charge in [-0.2, -0.15) is 0 Å². The number of fused-ring (bicyclic) bond motifs is 3. The molecule has 0 radical (unpaired) electrons. The Balaban J connectivity index is 1.42. The number of aromatic nitrogens is 2. The van der Waals surface area contributed by atoms with Crippen LogP contribution in [0.15, 0.2) is 12.4 Å². The van der Waals surface area contributed by atoms with Gasteiger partial charge >= 0.3 is 13.1 Å². The Kier molecular flexibility index (Phi) is 3.86. The first-order chi connectivity index (χ1) is 11.3. The Morgan fingerprint density at radius 2 is 1.67 bits per heavy atom. The smallest absolute Gasteiger partial charge is 0.458 e. The van der Waals surface area contributed by atoms with Crippen LogP contribution in [0.5, 0.6) is 6.01 Å². The molecule has 0 N–H and O–H groups in total. The average Bonchev–Trinajstić information content (AvgIpc) is 2.77. The van der Waals surface area contributed by atoms with Gasteiger partial charge in [0.25, 0.3) is 0 Å². The summed E-state index contributed by atoms with van der Waals surface area (Å²) in [5, 5.41) is 0. The van der Waals surface area contributed by atoms with Gasteiger partial charge in [0.15, 0.2) is 0 Å². The molecule has 0 amide bonds. The predicted molar refractivity (Wildman–Crippen MR) is 91.3 cm³/mol. The van der Waals surface area contributed by atoms with Gasteiger partial charge in [-0.25, -0.2) is 9.97 Å². The third kappa shape index (κ3) is 2.83. The molecular formula is C17H26BN3O3. The van der Waals surface area contributed by atoms with Crippen molar-refractivity contribution in [2.24, 2.45) is 5.92 Å². The molecule has 5 rings (SSSR count). The predicted octanol–water partition coefficient (Wildman–Crippen LogP) is 1.25. The quantitative estimate of drug-likeness (QED) is 0.777. The van der Waals surface area contributed by atoms with E-state index in [1.807, 2.05) is 27.7 Å². The van der Waals surface area contributed by atoms with Crippen molar-refractivity contribution in [2.75, 3.05) is 19.6 Å². The number of piperidine rings is 3. The van der Waals surface area contributed by atoms with Crippen LogP contribution in [-0.2, 0) is 9.31 Å². The SMILES string of the molecule is CC1(C)OB(c2cnc(O[C@@H]3CN4CCC3CC4)nc2)OC1(C)C. The Morgan fingerprint density at radius 1 is 1.08 bits per heavy atom. The molecule has 1 aromatic heterocycles. The van der Waals surface area contributed by atoms with E-state index in [2.05, 4.69) is 14.9 Å². The third-order valence-electron chi connectivity index (χ3n) is 6.03. The van der Waals surface area contributed by atoms with E-state index in [-0.39, 0.29) is 17.3 Å². The van der Waals surface area contributed by atoms with Crippen LogP contribution >= 0.6 is 0 Å². The van der Waals surface area contributed by atoms with Gasteiger partial charge in [-0.3, -0.25) is 4.90 Å². The molecule has 0 spiro atoms. The minimum atomic E-state index is -0.430. The van der Waals surface area contributed by atoms with E-state index in [1.54, 1.807) is 12.4 Å². The van der Waals surface area contributed by atoms with Crippen molar-refractivity contribution >= 4 is 12.6 Å². The van der Waals surface area contributed by atoms with E-state index >= 15 is 0 Å². The van der Waals surface area contributed by atoms with Gasteiger partial charge in [-0.15, -0.1) is 0 Å². The Bertz CT molecular complexity index is 584. The molecule has 2 bridgehead atoms. The van der Waals surface area contributed by atoms with E-state index in [9.17, 15) is 0 Å². The van der Waals surface area contributed by atoms with Crippen molar-refractivity contribution in [1.29, 1.82) is 0 Å². The van der Waals surface area contributed by atoms with Crippen LogP contribution in [0.1, 0.15) is 40.5 Å². The summed E-state index contributed by atoms with van der Waals surface area (Å²) in [7, 11) is -0.430. The van der Waals surface area contributed by atoms with Gasteiger partial charge in [0.1, 0.15) is 6.10 Å². The van der Waals surface area contributed by atoms with Gasteiger partial charge in [-0.05, 0) is 59.5 Å². The van der Waals surface area contributed by atoms with Crippen LogP contribution in [0.3, 0.4) is 0 Å². The Hall–Kier alpha value is -1.18. The molecule has 6 nitrogen and oxygen atoms in total. The number of ether oxygens (including phenoxy) is 1. The molecule has 1 aromatic rings. The molecule has 0 aliphatic carbocycles. The zero-order chi connectivity index (χ0) is 16.9. The van der Waals surface area contributed by atoms with E-state index in [4.69, 9.17) is 14.0 Å². The van der Waals surface area contributed by atoms with Crippen molar-refractivity contribution in [2.45, 2.75) is 57.8 Å². The van der Waals surface area contributed by atoms with E-state index in [0.29, 0.717) is 11.9 Å². The van der Waals surface area contributed by atoms with Crippen LogP contribution in [0, 0.1) is 5.92 Å². The van der Waals surface area contributed by atoms with Crippen molar-refractivity contribution < 1.29 is 14.0 Å². The van der Waals surface area contributed by atoms with Crippen LogP contribution < -0.4 is 10.2 Å². The molecule has 0 saturated carbocycles. The molecule has 5 heterocycles. The third-order valence-corrected chi connectivity index (χ3v) is 6.03. The van der Waals surface area contributed by atoms with Crippen molar-refractivity contribution in [3.63, 3.8) is 0 Å². The lowest BCUT2D eigenvalue weighted by Crippen LogP contribution is -2.52. The monoisotopic (exact) mass is 331 g/mol. The summed E-state index contributed by atoms with van der Waals surface area (Å²) in [6.45, 7) is 11.6. The molecular weight excluding hydrogens is 305 g/mol. The highest BCUT2D eigenvalue weighted by Gasteiger charge is 2.52. The largest absolute Gasteiger partial charge is 0.498 e. The second-order valence-corrected chi connectivity index (χ2v) is 8.18. The highest BCUT2D eigenvalue weighted by molar-refractivity contribution is 6.61. The van der Waals surface area contributed by atoms with Gasteiger partial charge in [0.2, 0.25) is 0 Å². The summed E-state index contributed by atoms with van der Waals surface area (Å²) in [5.41, 5.74) is 0.112. The number of hydrogen-bond acceptors (Lipinski definition) is 6. The number of nitrogens with zero attached hydrogens (tertiary/aromatic N) is 3.